The van der Waals surface area contributed by atoms with Crippen molar-refractivity contribution in [3.05, 3.63) is 34.4 Å². The van der Waals surface area contributed by atoms with E-state index >= 15 is 0 Å². The highest BCUT2D eigenvalue weighted by Gasteiger charge is 2.11. The molecule has 0 heterocycles. The molecule has 0 atom stereocenters. The SMILES string of the molecule is CCCCCCCCCCCCOC(=O)CCCC(=O)Oc1cccc([N+](=O)[O-])c1. The molecule has 0 unspecified atom stereocenters. The Morgan fingerprint density at radius 1 is 0.867 bits per heavy atom. The summed E-state index contributed by atoms with van der Waals surface area (Å²) < 4.78 is 10.3. The third-order valence-corrected chi connectivity index (χ3v) is 4.78. The number of rotatable bonds is 17. The zero-order valence-electron chi connectivity index (χ0n) is 18.1. The molecule has 0 aromatic heterocycles. The van der Waals surface area contributed by atoms with Crippen molar-refractivity contribution >= 4 is 17.6 Å². The minimum Gasteiger partial charge on any atom is -0.466 e. The zero-order chi connectivity index (χ0) is 22.0. The summed E-state index contributed by atoms with van der Waals surface area (Å²) in [5.41, 5.74) is -0.143. The lowest BCUT2D eigenvalue weighted by molar-refractivity contribution is -0.384. The minimum atomic E-state index is -0.554. The van der Waals surface area contributed by atoms with Crippen molar-refractivity contribution in [3.63, 3.8) is 0 Å². The van der Waals surface area contributed by atoms with Crippen LogP contribution >= 0.6 is 0 Å². The first kappa shape index (κ1) is 25.6. The molecule has 30 heavy (non-hydrogen) atoms. The number of carbonyl (C=O) groups excluding carboxylic acids is 2. The summed E-state index contributed by atoms with van der Waals surface area (Å²) in [7, 11) is 0. The van der Waals surface area contributed by atoms with Crippen LogP contribution in [0.3, 0.4) is 0 Å². The first-order valence-corrected chi connectivity index (χ1v) is 11.1. The fourth-order valence-electron chi connectivity index (χ4n) is 3.07. The maximum atomic E-state index is 11.8. The molecule has 0 fully saturated rings. The van der Waals surface area contributed by atoms with Crippen molar-refractivity contribution in [2.75, 3.05) is 6.61 Å². The zero-order valence-corrected chi connectivity index (χ0v) is 18.1. The summed E-state index contributed by atoms with van der Waals surface area (Å²) in [5, 5.41) is 10.7. The Morgan fingerprint density at radius 3 is 2.10 bits per heavy atom. The number of carbonyl (C=O) groups is 2. The van der Waals surface area contributed by atoms with Gasteiger partial charge in [-0.05, 0) is 18.9 Å². The normalized spacial score (nSPS) is 10.6. The van der Waals surface area contributed by atoms with E-state index in [1.54, 1.807) is 0 Å². The van der Waals surface area contributed by atoms with Gasteiger partial charge in [0.2, 0.25) is 0 Å². The van der Waals surface area contributed by atoms with Gasteiger partial charge in [-0.2, -0.15) is 0 Å². The van der Waals surface area contributed by atoms with E-state index in [2.05, 4.69) is 6.92 Å². The van der Waals surface area contributed by atoms with Crippen LogP contribution in [-0.4, -0.2) is 23.5 Å². The number of nitro groups is 1. The van der Waals surface area contributed by atoms with Crippen LogP contribution in [-0.2, 0) is 14.3 Å². The molecule has 1 aromatic carbocycles. The monoisotopic (exact) mass is 421 g/mol. The van der Waals surface area contributed by atoms with Crippen molar-refractivity contribution in [2.45, 2.75) is 90.4 Å². The number of unbranched alkanes of at least 4 members (excludes halogenated alkanes) is 9. The third kappa shape index (κ3) is 12.9. The molecule has 7 heteroatoms. The highest BCUT2D eigenvalue weighted by Crippen LogP contribution is 2.19. The van der Waals surface area contributed by atoms with E-state index in [1.807, 2.05) is 0 Å². The lowest BCUT2D eigenvalue weighted by atomic mass is 10.1. The van der Waals surface area contributed by atoms with Crippen molar-refractivity contribution in [1.82, 2.24) is 0 Å². The first-order chi connectivity index (χ1) is 14.5. The maximum absolute atomic E-state index is 11.8. The first-order valence-electron chi connectivity index (χ1n) is 11.1. The maximum Gasteiger partial charge on any atom is 0.311 e. The van der Waals surface area contributed by atoms with Crippen LogP contribution in [0.2, 0.25) is 0 Å². The molecule has 1 aromatic rings. The van der Waals surface area contributed by atoms with Crippen LogP contribution < -0.4 is 4.74 Å². The average Bonchev–Trinajstić information content (AvgIpc) is 2.72. The molecule has 0 saturated heterocycles. The number of nitrogens with zero attached hydrogens (tertiary/aromatic N) is 1. The second-order valence-corrected chi connectivity index (χ2v) is 7.48. The van der Waals surface area contributed by atoms with E-state index in [-0.39, 0.29) is 30.2 Å². The molecule has 168 valence electrons. The molecule has 1 rings (SSSR count). The Hall–Kier alpha value is -2.44. The minimum absolute atomic E-state index is 0.0516. The number of hydrogen-bond donors (Lipinski definition) is 0. The van der Waals surface area contributed by atoms with Gasteiger partial charge in [-0.3, -0.25) is 19.7 Å². The van der Waals surface area contributed by atoms with Gasteiger partial charge < -0.3 is 9.47 Å². The second-order valence-electron chi connectivity index (χ2n) is 7.48. The van der Waals surface area contributed by atoms with Gasteiger partial charge in [-0.25, -0.2) is 0 Å². The predicted octanol–water partition coefficient (Wildman–Crippen LogP) is 6.13. The van der Waals surface area contributed by atoms with Crippen molar-refractivity contribution in [2.24, 2.45) is 0 Å². The second kappa shape index (κ2) is 16.4. The summed E-state index contributed by atoms with van der Waals surface area (Å²) in [5.74, 6) is -0.718. The third-order valence-electron chi connectivity index (χ3n) is 4.78. The molecule has 0 spiro atoms. The van der Waals surface area contributed by atoms with E-state index in [0.717, 1.165) is 12.8 Å². The topological polar surface area (TPSA) is 95.7 Å². The molecule has 0 radical (unpaired) electrons. The van der Waals surface area contributed by atoms with E-state index < -0.39 is 10.9 Å². The summed E-state index contributed by atoms with van der Waals surface area (Å²) >= 11 is 0. The molecular formula is C23H35NO6. The Kier molecular flexibility index (Phi) is 14.0. The number of ether oxygens (including phenoxy) is 2. The summed E-state index contributed by atoms with van der Waals surface area (Å²) in [6.45, 7) is 2.65. The highest BCUT2D eigenvalue weighted by molar-refractivity contribution is 5.74. The summed E-state index contributed by atoms with van der Waals surface area (Å²) in [4.78, 5) is 33.7. The molecule has 0 saturated carbocycles. The molecule has 0 N–H and O–H groups in total. The molecule has 0 aliphatic carbocycles. The number of benzene rings is 1. The Labute approximate surface area is 179 Å². The van der Waals surface area contributed by atoms with E-state index in [1.165, 1.54) is 75.6 Å². The molecule has 0 aliphatic rings. The van der Waals surface area contributed by atoms with Crippen LogP contribution in [0.1, 0.15) is 90.4 Å². The van der Waals surface area contributed by atoms with Crippen LogP contribution in [0.4, 0.5) is 5.69 Å². The summed E-state index contributed by atoms with van der Waals surface area (Å²) in [6, 6.07) is 5.44. The lowest BCUT2D eigenvalue weighted by Crippen LogP contribution is -2.10. The van der Waals surface area contributed by atoms with Gasteiger partial charge in [0, 0.05) is 18.9 Å². The van der Waals surface area contributed by atoms with Crippen molar-refractivity contribution < 1.29 is 24.0 Å². The van der Waals surface area contributed by atoms with Gasteiger partial charge in [0.15, 0.2) is 0 Å². The predicted molar refractivity (Wildman–Crippen MR) is 115 cm³/mol. The van der Waals surface area contributed by atoms with Gasteiger partial charge in [0.1, 0.15) is 5.75 Å². The fourth-order valence-corrected chi connectivity index (χ4v) is 3.07. The standard InChI is InChI=1S/C23H35NO6/c1-2-3-4-5-6-7-8-9-10-11-18-29-22(25)16-13-17-23(26)30-21-15-12-14-20(19-21)24(27)28/h12,14-15,19H,2-11,13,16-18H2,1H3. The van der Waals surface area contributed by atoms with Gasteiger partial charge in [0.05, 0.1) is 17.6 Å². The van der Waals surface area contributed by atoms with Gasteiger partial charge in [0.25, 0.3) is 5.69 Å². The lowest BCUT2D eigenvalue weighted by Gasteiger charge is -2.06. The molecule has 0 amide bonds. The largest absolute Gasteiger partial charge is 0.466 e. The Bertz CT molecular complexity index is 646. The Balaban J connectivity index is 2.00. The van der Waals surface area contributed by atoms with Crippen LogP contribution in [0.5, 0.6) is 5.75 Å². The highest BCUT2D eigenvalue weighted by atomic mass is 16.6. The number of esters is 2. The van der Waals surface area contributed by atoms with Crippen molar-refractivity contribution in [1.29, 1.82) is 0 Å². The molecule has 0 bridgehead atoms. The number of hydrogen-bond acceptors (Lipinski definition) is 6. The van der Waals surface area contributed by atoms with Crippen LogP contribution in [0.15, 0.2) is 24.3 Å². The summed E-state index contributed by atoms with van der Waals surface area (Å²) in [6.07, 6.45) is 12.8. The van der Waals surface area contributed by atoms with E-state index in [9.17, 15) is 19.7 Å². The van der Waals surface area contributed by atoms with Crippen molar-refractivity contribution in [3.8, 4) is 5.75 Å². The van der Waals surface area contributed by atoms with Crippen LogP contribution in [0, 0.1) is 10.1 Å². The quantitative estimate of drug-likeness (QED) is 0.0986. The average molecular weight is 422 g/mol. The van der Waals surface area contributed by atoms with Crippen LogP contribution in [0.25, 0.3) is 0 Å². The molecule has 7 nitrogen and oxygen atoms in total. The Morgan fingerprint density at radius 2 is 1.47 bits per heavy atom. The molecular weight excluding hydrogens is 386 g/mol. The smallest absolute Gasteiger partial charge is 0.311 e. The van der Waals surface area contributed by atoms with E-state index in [4.69, 9.17) is 9.47 Å². The number of non-ortho nitro benzene ring substituents is 1. The fraction of sp³-hybridized carbons (Fsp3) is 0.652. The molecule has 0 aliphatic heterocycles. The van der Waals surface area contributed by atoms with E-state index in [0.29, 0.717) is 13.0 Å². The van der Waals surface area contributed by atoms with Gasteiger partial charge >= 0.3 is 11.9 Å². The number of nitro benzene ring substituents is 1. The van der Waals surface area contributed by atoms with Gasteiger partial charge in [-0.15, -0.1) is 0 Å². The van der Waals surface area contributed by atoms with Gasteiger partial charge in [-0.1, -0.05) is 70.8 Å².